The Morgan fingerprint density at radius 2 is 0.939 bits per heavy atom. The maximum atomic E-state index is 7.27. The van der Waals surface area contributed by atoms with Crippen LogP contribution < -0.4 is 5.73 Å². The first-order valence-electron chi connectivity index (χ1n) is 14.5. The number of unbranched alkanes of at least 4 members (excludes halogenated alkanes) is 15. The largest absolute Gasteiger partial charge is 0.321 e. The van der Waals surface area contributed by atoms with E-state index >= 15 is 0 Å². The maximum absolute atomic E-state index is 7.27. The minimum atomic E-state index is -0.131. The van der Waals surface area contributed by atoms with Crippen LogP contribution in [-0.2, 0) is 12.0 Å². The van der Waals surface area contributed by atoms with Gasteiger partial charge in [-0.2, -0.15) is 0 Å². The number of nitrogens with two attached hydrogens (primary N) is 1. The third kappa shape index (κ3) is 15.3. The third-order valence-corrected chi connectivity index (χ3v) is 7.31. The molecule has 33 heavy (non-hydrogen) atoms. The molecule has 2 heteroatoms. The van der Waals surface area contributed by atoms with Gasteiger partial charge < -0.3 is 5.73 Å². The van der Waals surface area contributed by atoms with E-state index in [2.05, 4.69) is 45.0 Å². The summed E-state index contributed by atoms with van der Waals surface area (Å²) in [6.07, 6.45) is 27.9. The van der Waals surface area contributed by atoms with E-state index in [0.29, 0.717) is 0 Å². The molecule has 0 bridgehead atoms. The van der Waals surface area contributed by atoms with Crippen molar-refractivity contribution in [2.24, 2.45) is 5.73 Å². The molecule has 1 aromatic carbocycles. The summed E-state index contributed by atoms with van der Waals surface area (Å²) in [5, 5.41) is 0. The van der Waals surface area contributed by atoms with Gasteiger partial charge in [-0.05, 0) is 36.8 Å². The maximum Gasteiger partial charge on any atom is 0.0412 e. The molecule has 0 aliphatic carbocycles. The molecule has 0 unspecified atom stereocenters. The molecule has 0 spiro atoms. The summed E-state index contributed by atoms with van der Waals surface area (Å²) in [5.41, 5.74) is 10.1. The average molecular weight is 525 g/mol. The van der Waals surface area contributed by atoms with E-state index in [1.807, 2.05) is 0 Å². The molecule has 1 rings (SSSR count). The van der Waals surface area contributed by atoms with Gasteiger partial charge in [0.25, 0.3) is 0 Å². The third-order valence-electron chi connectivity index (χ3n) is 7.31. The van der Waals surface area contributed by atoms with Crippen LogP contribution in [0.2, 0.25) is 0 Å². The van der Waals surface area contributed by atoms with Gasteiger partial charge in [0.1, 0.15) is 0 Å². The zero-order valence-corrected chi connectivity index (χ0v) is 24.4. The normalized spacial score (nSPS) is 11.5. The number of rotatable bonds is 22. The standard InChI is InChI=1S/C31H57N.BrH/c1-4-7-10-13-16-19-24-29-25-20-21-26-30(29)31(32,27-22-17-14-11-8-5-2)28-23-18-15-12-9-6-3;/h20-21,25-26H,4-19,22-24,27-28,32H2,1-3H3;1H. The van der Waals surface area contributed by atoms with E-state index in [-0.39, 0.29) is 22.5 Å². The van der Waals surface area contributed by atoms with Crippen molar-refractivity contribution in [1.29, 1.82) is 0 Å². The van der Waals surface area contributed by atoms with Gasteiger partial charge in [0.15, 0.2) is 0 Å². The highest BCUT2D eigenvalue weighted by atomic mass is 79.9. The smallest absolute Gasteiger partial charge is 0.0412 e. The van der Waals surface area contributed by atoms with E-state index < -0.39 is 0 Å². The molecule has 0 fully saturated rings. The minimum Gasteiger partial charge on any atom is -0.321 e. The summed E-state index contributed by atoms with van der Waals surface area (Å²) in [6, 6.07) is 9.18. The number of benzene rings is 1. The van der Waals surface area contributed by atoms with Gasteiger partial charge in [-0.3, -0.25) is 0 Å². The van der Waals surface area contributed by atoms with Gasteiger partial charge >= 0.3 is 0 Å². The lowest BCUT2D eigenvalue weighted by atomic mass is 9.78. The molecule has 0 aliphatic rings. The van der Waals surface area contributed by atoms with Gasteiger partial charge in [-0.15, -0.1) is 17.0 Å². The summed E-state index contributed by atoms with van der Waals surface area (Å²) in [6.45, 7) is 6.89. The second-order valence-electron chi connectivity index (χ2n) is 10.4. The number of aryl methyl sites for hydroxylation is 1. The van der Waals surface area contributed by atoms with Crippen LogP contribution in [0.3, 0.4) is 0 Å². The first-order valence-corrected chi connectivity index (χ1v) is 14.5. The molecule has 1 aromatic rings. The molecule has 0 radical (unpaired) electrons. The van der Waals surface area contributed by atoms with Crippen molar-refractivity contribution >= 4 is 17.0 Å². The van der Waals surface area contributed by atoms with Crippen molar-refractivity contribution in [3.8, 4) is 0 Å². The SMILES string of the molecule is Br.CCCCCCCCc1ccccc1C(N)(CCCCCCCC)CCCCCCCC. The summed E-state index contributed by atoms with van der Waals surface area (Å²) >= 11 is 0. The predicted octanol–water partition coefficient (Wildman–Crippen LogP) is 10.8. The fourth-order valence-corrected chi connectivity index (χ4v) is 5.16. The predicted molar refractivity (Wildman–Crippen MR) is 156 cm³/mol. The Bertz CT molecular complexity index is 525. The van der Waals surface area contributed by atoms with Crippen molar-refractivity contribution in [3.05, 3.63) is 35.4 Å². The Labute approximate surface area is 218 Å². The Kier molecular flexibility index (Phi) is 21.9. The monoisotopic (exact) mass is 523 g/mol. The van der Waals surface area contributed by atoms with Gasteiger partial charge in [-0.1, -0.05) is 154 Å². The molecule has 0 atom stereocenters. The first-order chi connectivity index (χ1) is 15.7. The van der Waals surface area contributed by atoms with Crippen LogP contribution >= 0.6 is 17.0 Å². The zero-order chi connectivity index (χ0) is 23.3. The Morgan fingerprint density at radius 1 is 0.545 bits per heavy atom. The molecule has 0 aliphatic heterocycles. The van der Waals surface area contributed by atoms with Crippen LogP contribution in [-0.4, -0.2) is 0 Å². The zero-order valence-electron chi connectivity index (χ0n) is 22.6. The van der Waals surface area contributed by atoms with Crippen LogP contribution in [0.4, 0.5) is 0 Å². The molecular weight excluding hydrogens is 466 g/mol. The fourth-order valence-electron chi connectivity index (χ4n) is 5.16. The molecular formula is C31H58BrN. The second kappa shape index (κ2) is 22.1. The summed E-state index contributed by atoms with van der Waals surface area (Å²) in [4.78, 5) is 0. The fraction of sp³-hybridized carbons (Fsp3) is 0.806. The number of hydrogen-bond acceptors (Lipinski definition) is 1. The highest BCUT2D eigenvalue weighted by molar-refractivity contribution is 8.93. The van der Waals surface area contributed by atoms with Crippen LogP contribution in [0.25, 0.3) is 0 Å². The summed E-state index contributed by atoms with van der Waals surface area (Å²) in [5.74, 6) is 0. The van der Waals surface area contributed by atoms with Gasteiger partial charge in [0.05, 0.1) is 0 Å². The van der Waals surface area contributed by atoms with Gasteiger partial charge in [0.2, 0.25) is 0 Å². The molecule has 0 saturated heterocycles. The van der Waals surface area contributed by atoms with E-state index in [1.165, 1.54) is 133 Å². The van der Waals surface area contributed by atoms with E-state index in [1.54, 1.807) is 0 Å². The lowest BCUT2D eigenvalue weighted by molar-refractivity contribution is 0.340. The van der Waals surface area contributed by atoms with Crippen molar-refractivity contribution in [2.75, 3.05) is 0 Å². The van der Waals surface area contributed by atoms with Gasteiger partial charge in [-0.25, -0.2) is 0 Å². The van der Waals surface area contributed by atoms with Crippen LogP contribution in [0.15, 0.2) is 24.3 Å². The summed E-state index contributed by atoms with van der Waals surface area (Å²) in [7, 11) is 0. The van der Waals surface area contributed by atoms with E-state index in [9.17, 15) is 0 Å². The highest BCUT2D eigenvalue weighted by Crippen LogP contribution is 2.34. The van der Waals surface area contributed by atoms with E-state index in [4.69, 9.17) is 5.73 Å². The summed E-state index contributed by atoms with van der Waals surface area (Å²) < 4.78 is 0. The van der Waals surface area contributed by atoms with Crippen molar-refractivity contribution in [2.45, 2.75) is 161 Å². The molecule has 0 heterocycles. The van der Waals surface area contributed by atoms with Crippen molar-refractivity contribution in [3.63, 3.8) is 0 Å². The van der Waals surface area contributed by atoms with Crippen LogP contribution in [0.1, 0.15) is 160 Å². The lowest BCUT2D eigenvalue weighted by Crippen LogP contribution is -2.37. The van der Waals surface area contributed by atoms with Crippen molar-refractivity contribution < 1.29 is 0 Å². The number of halogens is 1. The molecule has 0 aromatic heterocycles. The number of hydrogen-bond donors (Lipinski definition) is 1. The van der Waals surface area contributed by atoms with Crippen LogP contribution in [0, 0.1) is 0 Å². The quantitative estimate of drug-likeness (QED) is 0.150. The first kappa shape index (κ1) is 32.7. The second-order valence-corrected chi connectivity index (χ2v) is 10.4. The van der Waals surface area contributed by atoms with Crippen molar-refractivity contribution in [1.82, 2.24) is 0 Å². The Morgan fingerprint density at radius 3 is 1.42 bits per heavy atom. The molecule has 2 N–H and O–H groups in total. The lowest BCUT2D eigenvalue weighted by Gasteiger charge is -2.33. The average Bonchev–Trinajstić information content (AvgIpc) is 2.81. The highest BCUT2D eigenvalue weighted by Gasteiger charge is 2.28. The minimum absolute atomic E-state index is 0. The molecule has 1 nitrogen and oxygen atoms in total. The topological polar surface area (TPSA) is 26.0 Å². The Hall–Kier alpha value is -0.340. The van der Waals surface area contributed by atoms with Gasteiger partial charge in [0, 0.05) is 5.54 Å². The van der Waals surface area contributed by atoms with E-state index in [0.717, 1.165) is 12.8 Å². The Balaban J connectivity index is 0.0000102. The molecule has 0 amide bonds. The molecule has 0 saturated carbocycles. The van der Waals surface area contributed by atoms with Crippen LogP contribution in [0.5, 0.6) is 0 Å². The molecule has 194 valence electrons.